The van der Waals surface area contributed by atoms with Gasteiger partial charge in [-0.3, -0.25) is 0 Å². The highest BCUT2D eigenvalue weighted by Crippen LogP contribution is 2.38. The molecule has 2 aliphatic rings. The van der Waals surface area contributed by atoms with Gasteiger partial charge in [-0.1, -0.05) is 6.07 Å². The van der Waals surface area contributed by atoms with Gasteiger partial charge in [0, 0.05) is 24.6 Å². The fraction of sp³-hybridized carbons (Fsp3) is 0.400. The normalized spacial score (nSPS) is 15.6. The lowest BCUT2D eigenvalue weighted by atomic mass is 9.99. The van der Waals surface area contributed by atoms with Crippen LogP contribution in [0.5, 0.6) is 0 Å². The van der Waals surface area contributed by atoms with Gasteiger partial charge >= 0.3 is 6.03 Å². The second-order valence-electron chi connectivity index (χ2n) is 7.21. The van der Waals surface area contributed by atoms with Gasteiger partial charge in [0.05, 0.1) is 5.41 Å². The zero-order valence-electron chi connectivity index (χ0n) is 15.9. The molecule has 0 saturated heterocycles. The topological polar surface area (TPSA) is 93.1 Å². The van der Waals surface area contributed by atoms with E-state index in [1.54, 1.807) is 12.4 Å². The molecule has 0 unspecified atom stereocenters. The fourth-order valence-corrected chi connectivity index (χ4v) is 4.85. The maximum absolute atomic E-state index is 12.5. The summed E-state index contributed by atoms with van der Waals surface area (Å²) in [5, 5.41) is 3.80. The number of anilines is 1. The van der Waals surface area contributed by atoms with Gasteiger partial charge in [-0.25, -0.2) is 22.9 Å². The number of aromatic nitrogens is 2. The van der Waals surface area contributed by atoms with Crippen LogP contribution in [0.3, 0.4) is 0 Å². The number of fused-ring (bicyclic) bond motifs is 2. The van der Waals surface area contributed by atoms with Crippen molar-refractivity contribution in [2.24, 2.45) is 0 Å². The number of nitrogens with one attached hydrogen (secondary N) is 2. The van der Waals surface area contributed by atoms with Crippen molar-refractivity contribution in [2.45, 2.75) is 52.0 Å². The SMILES string of the molecule is CCn1ccnc1/C=C/S(=O)(=O)NC(=O)Nc1c2c(cc3c1CCC3)CCC2. The second-order valence-corrected chi connectivity index (χ2v) is 8.78. The van der Waals surface area contributed by atoms with E-state index < -0.39 is 16.1 Å². The average molecular weight is 401 g/mol. The largest absolute Gasteiger partial charge is 0.333 e. The number of aryl methyl sites for hydroxylation is 3. The molecule has 1 aromatic carbocycles. The molecule has 0 spiro atoms. The minimum absolute atomic E-state index is 0.520. The van der Waals surface area contributed by atoms with Gasteiger partial charge in [0.15, 0.2) is 0 Å². The summed E-state index contributed by atoms with van der Waals surface area (Å²) in [5.74, 6) is 0.520. The van der Waals surface area contributed by atoms with Crippen LogP contribution in [0.15, 0.2) is 23.9 Å². The average Bonchev–Trinajstić information content (AvgIpc) is 3.39. The molecule has 2 aromatic rings. The second kappa shape index (κ2) is 7.43. The highest BCUT2D eigenvalue weighted by atomic mass is 32.2. The summed E-state index contributed by atoms with van der Waals surface area (Å²) in [6.07, 6.45) is 10.8. The predicted molar refractivity (Wildman–Crippen MR) is 109 cm³/mol. The van der Waals surface area contributed by atoms with Crippen molar-refractivity contribution in [3.8, 4) is 0 Å². The summed E-state index contributed by atoms with van der Waals surface area (Å²) in [4.78, 5) is 16.6. The van der Waals surface area contributed by atoms with Crippen LogP contribution >= 0.6 is 0 Å². The first-order valence-electron chi connectivity index (χ1n) is 9.66. The first-order chi connectivity index (χ1) is 13.5. The minimum atomic E-state index is -3.93. The zero-order valence-corrected chi connectivity index (χ0v) is 16.7. The molecule has 7 nitrogen and oxygen atoms in total. The summed E-state index contributed by atoms with van der Waals surface area (Å²) < 4.78 is 28.5. The lowest BCUT2D eigenvalue weighted by Crippen LogP contribution is -2.33. The number of amides is 2. The highest BCUT2D eigenvalue weighted by molar-refractivity contribution is 7.93. The van der Waals surface area contributed by atoms with Crippen molar-refractivity contribution in [3.63, 3.8) is 0 Å². The molecule has 2 amide bonds. The third-order valence-corrected chi connectivity index (χ3v) is 6.40. The Hall–Kier alpha value is -2.61. The number of carbonyl (C=O) groups excluding carboxylic acids is 1. The van der Waals surface area contributed by atoms with Gasteiger partial charge in [0.25, 0.3) is 10.0 Å². The van der Waals surface area contributed by atoms with E-state index in [-0.39, 0.29) is 0 Å². The molecule has 2 N–H and O–H groups in total. The minimum Gasteiger partial charge on any atom is -0.332 e. The Morgan fingerprint density at radius 3 is 2.50 bits per heavy atom. The van der Waals surface area contributed by atoms with Crippen LogP contribution < -0.4 is 10.0 Å². The van der Waals surface area contributed by atoms with E-state index in [1.807, 2.05) is 11.5 Å². The van der Waals surface area contributed by atoms with Crippen molar-refractivity contribution in [1.82, 2.24) is 14.3 Å². The number of hydrogen-bond acceptors (Lipinski definition) is 4. The van der Waals surface area contributed by atoms with Crippen LogP contribution in [-0.2, 0) is 42.3 Å². The molecular weight excluding hydrogens is 376 g/mol. The lowest BCUT2D eigenvalue weighted by molar-refractivity contribution is 0.256. The van der Waals surface area contributed by atoms with E-state index in [2.05, 4.69) is 21.1 Å². The fourth-order valence-electron chi connectivity index (χ4n) is 4.17. The highest BCUT2D eigenvalue weighted by Gasteiger charge is 2.25. The van der Waals surface area contributed by atoms with Gasteiger partial charge in [0.2, 0.25) is 0 Å². The Morgan fingerprint density at radius 2 is 1.86 bits per heavy atom. The maximum Gasteiger partial charge on any atom is 0.333 e. The van der Waals surface area contributed by atoms with Gasteiger partial charge in [-0.2, -0.15) is 0 Å². The van der Waals surface area contributed by atoms with E-state index in [9.17, 15) is 13.2 Å². The van der Waals surface area contributed by atoms with E-state index in [0.717, 1.165) is 60.7 Å². The Labute approximate surface area is 164 Å². The Kier molecular flexibility index (Phi) is 4.97. The summed E-state index contributed by atoms with van der Waals surface area (Å²) in [5.41, 5.74) is 5.71. The standard InChI is InChI=1S/C20H24N4O3S/c1-2-24-11-10-21-18(24)9-12-28(26,27)23-20(25)22-19-16-7-3-5-14(16)13-15-6-4-8-17(15)19/h9-13H,2-8H2,1H3,(H2,22,23,25)/b12-9+. The molecule has 0 atom stereocenters. The van der Waals surface area contributed by atoms with Crippen LogP contribution in [0.1, 0.15) is 47.8 Å². The van der Waals surface area contributed by atoms with Crippen molar-refractivity contribution in [3.05, 3.63) is 51.9 Å². The smallest absolute Gasteiger partial charge is 0.332 e. The zero-order chi connectivity index (χ0) is 19.7. The molecule has 0 radical (unpaired) electrons. The molecule has 1 heterocycles. The van der Waals surface area contributed by atoms with Crippen molar-refractivity contribution in [2.75, 3.05) is 5.32 Å². The molecule has 2 aliphatic carbocycles. The third-order valence-electron chi connectivity index (χ3n) is 5.43. The molecule has 0 aliphatic heterocycles. The number of carbonyl (C=O) groups is 1. The predicted octanol–water partition coefficient (Wildman–Crippen LogP) is 3.00. The number of urea groups is 1. The first kappa shape index (κ1) is 18.7. The molecule has 8 heteroatoms. The first-order valence-corrected chi connectivity index (χ1v) is 11.2. The third kappa shape index (κ3) is 3.69. The summed E-state index contributed by atoms with van der Waals surface area (Å²) >= 11 is 0. The van der Waals surface area contributed by atoms with Gasteiger partial charge in [-0.15, -0.1) is 0 Å². The molecule has 28 heavy (non-hydrogen) atoms. The van der Waals surface area contributed by atoms with Gasteiger partial charge < -0.3 is 9.88 Å². The van der Waals surface area contributed by atoms with Crippen LogP contribution in [0.4, 0.5) is 10.5 Å². The quantitative estimate of drug-likeness (QED) is 0.807. The van der Waals surface area contributed by atoms with Crippen molar-refractivity contribution < 1.29 is 13.2 Å². The molecular formula is C20H24N4O3S. The number of rotatable bonds is 5. The van der Waals surface area contributed by atoms with E-state index >= 15 is 0 Å². The van der Waals surface area contributed by atoms with Crippen LogP contribution in [0, 0.1) is 0 Å². The number of imidazole rings is 1. The van der Waals surface area contributed by atoms with Gasteiger partial charge in [-0.05, 0) is 73.8 Å². The lowest BCUT2D eigenvalue weighted by Gasteiger charge is -2.16. The van der Waals surface area contributed by atoms with Crippen molar-refractivity contribution in [1.29, 1.82) is 0 Å². The molecule has 1 aromatic heterocycles. The Balaban J connectivity index is 1.51. The van der Waals surface area contributed by atoms with Crippen LogP contribution in [0.2, 0.25) is 0 Å². The number of nitrogens with zero attached hydrogens (tertiary/aromatic N) is 2. The number of hydrogen-bond donors (Lipinski definition) is 2. The van der Waals surface area contributed by atoms with E-state index in [0.29, 0.717) is 12.4 Å². The van der Waals surface area contributed by atoms with E-state index in [1.165, 1.54) is 17.2 Å². The molecule has 0 saturated carbocycles. The van der Waals surface area contributed by atoms with Crippen LogP contribution in [0.25, 0.3) is 6.08 Å². The Morgan fingerprint density at radius 1 is 1.18 bits per heavy atom. The number of sulfonamides is 1. The summed E-state index contributed by atoms with van der Waals surface area (Å²) in [6.45, 7) is 2.62. The summed E-state index contributed by atoms with van der Waals surface area (Å²) in [7, 11) is -3.93. The number of benzene rings is 1. The molecule has 148 valence electrons. The molecule has 0 fully saturated rings. The summed E-state index contributed by atoms with van der Waals surface area (Å²) in [6, 6.07) is 1.54. The maximum atomic E-state index is 12.5. The Bertz CT molecular complexity index is 1020. The van der Waals surface area contributed by atoms with Crippen molar-refractivity contribution >= 4 is 27.8 Å². The van der Waals surface area contributed by atoms with Crippen LogP contribution in [-0.4, -0.2) is 24.0 Å². The monoisotopic (exact) mass is 400 g/mol. The molecule has 4 rings (SSSR count). The van der Waals surface area contributed by atoms with E-state index in [4.69, 9.17) is 0 Å². The van der Waals surface area contributed by atoms with Gasteiger partial charge in [0.1, 0.15) is 5.82 Å². The molecule has 0 bridgehead atoms.